The van der Waals surface area contributed by atoms with E-state index < -0.39 is 53.1 Å². The third-order valence-corrected chi connectivity index (χ3v) is 3.22. The summed E-state index contributed by atoms with van der Waals surface area (Å²) >= 11 is 0. The molecule has 2 N–H and O–H groups in total. The van der Waals surface area contributed by atoms with Crippen molar-refractivity contribution < 1.29 is 38.2 Å². The molecule has 11 heteroatoms. The van der Waals surface area contributed by atoms with Crippen LogP contribution >= 0.6 is 0 Å². The summed E-state index contributed by atoms with van der Waals surface area (Å²) in [7, 11) is 0. The molecule has 11 nitrogen and oxygen atoms in total. The Hall–Kier alpha value is -2.85. The lowest BCUT2D eigenvalue weighted by Crippen LogP contribution is -2.68. The lowest BCUT2D eigenvalue weighted by molar-refractivity contribution is -0.163. The van der Waals surface area contributed by atoms with Crippen molar-refractivity contribution in [1.82, 2.24) is 15.8 Å². The number of nitrogens with one attached hydrogen (secondary N) is 2. The first-order valence-corrected chi connectivity index (χ1v) is 8.66. The molecule has 28 heavy (non-hydrogen) atoms. The standard InChI is InChI=1S/C17H27N3O8/c1-8-26-12(23)17(9-10(21)18-11(17)22)20(14(25)28-16(5,6)7)19-13(24)27-15(2,3)4/h8-9H2,1-7H3,(H,19,24)(H,18,21,22)/t17-/m1/s1. The Morgan fingerprint density at radius 1 is 1.07 bits per heavy atom. The van der Waals surface area contributed by atoms with Crippen molar-refractivity contribution in [2.45, 2.75) is 71.6 Å². The van der Waals surface area contributed by atoms with Gasteiger partial charge in [-0.3, -0.25) is 14.9 Å². The minimum absolute atomic E-state index is 0.128. The molecule has 0 spiro atoms. The van der Waals surface area contributed by atoms with Crippen LogP contribution in [-0.4, -0.2) is 58.3 Å². The summed E-state index contributed by atoms with van der Waals surface area (Å²) in [5.41, 5.74) is -2.38. The smallest absolute Gasteiger partial charge is 0.430 e. The second kappa shape index (κ2) is 8.03. The summed E-state index contributed by atoms with van der Waals surface area (Å²) < 4.78 is 15.2. The first kappa shape index (κ1) is 23.2. The molecule has 1 fully saturated rings. The highest BCUT2D eigenvalue weighted by molar-refractivity contribution is 6.21. The molecule has 4 amide bonds. The van der Waals surface area contributed by atoms with Crippen molar-refractivity contribution in [3.63, 3.8) is 0 Å². The van der Waals surface area contributed by atoms with E-state index in [4.69, 9.17) is 14.2 Å². The van der Waals surface area contributed by atoms with Crippen LogP contribution in [0.25, 0.3) is 0 Å². The molecule has 0 aromatic carbocycles. The fourth-order valence-electron chi connectivity index (χ4n) is 2.27. The third-order valence-electron chi connectivity index (χ3n) is 3.22. The number of carbonyl (C=O) groups is 5. The topological polar surface area (TPSA) is 140 Å². The Bertz CT molecular complexity index is 677. The third kappa shape index (κ3) is 5.57. The van der Waals surface area contributed by atoms with Crippen molar-refractivity contribution in [1.29, 1.82) is 0 Å². The highest BCUT2D eigenvalue weighted by Crippen LogP contribution is 2.28. The van der Waals surface area contributed by atoms with Gasteiger partial charge in [-0.25, -0.2) is 19.8 Å². The average Bonchev–Trinajstić information content (AvgIpc) is 2.76. The Labute approximate surface area is 163 Å². The fourth-order valence-corrected chi connectivity index (χ4v) is 2.27. The minimum Gasteiger partial charge on any atom is -0.464 e. The number of rotatable bonds is 3. The predicted octanol–water partition coefficient (Wildman–Crippen LogP) is 1.01. The molecule has 0 saturated carbocycles. The van der Waals surface area contributed by atoms with E-state index in [9.17, 15) is 24.0 Å². The van der Waals surface area contributed by atoms with Gasteiger partial charge in [0.05, 0.1) is 13.0 Å². The van der Waals surface area contributed by atoms with Gasteiger partial charge in [0.25, 0.3) is 11.4 Å². The molecule has 158 valence electrons. The molecule has 0 bridgehead atoms. The van der Waals surface area contributed by atoms with Crippen LogP contribution < -0.4 is 10.7 Å². The summed E-state index contributed by atoms with van der Waals surface area (Å²) in [5.74, 6) is -3.14. The van der Waals surface area contributed by atoms with Crippen LogP contribution in [0.3, 0.4) is 0 Å². The predicted molar refractivity (Wildman–Crippen MR) is 94.6 cm³/mol. The summed E-state index contributed by atoms with van der Waals surface area (Å²) in [6.45, 7) is 10.7. The number of amides is 4. The maximum atomic E-state index is 12.7. The normalized spacial score (nSPS) is 19.5. The fraction of sp³-hybridized carbons (Fsp3) is 0.706. The second-order valence-electron chi connectivity index (χ2n) is 8.06. The van der Waals surface area contributed by atoms with Gasteiger partial charge < -0.3 is 14.2 Å². The molecular weight excluding hydrogens is 374 g/mol. The first-order valence-electron chi connectivity index (χ1n) is 8.66. The Kier molecular flexibility index (Phi) is 6.65. The molecule has 0 aromatic heterocycles. The van der Waals surface area contributed by atoms with Crippen LogP contribution in [0.5, 0.6) is 0 Å². The molecule has 1 rings (SSSR count). The van der Waals surface area contributed by atoms with Gasteiger partial charge in [-0.1, -0.05) is 0 Å². The number of imide groups is 1. The average molecular weight is 401 g/mol. The molecule has 1 atom stereocenters. The minimum atomic E-state index is -2.47. The largest absolute Gasteiger partial charge is 0.464 e. The van der Waals surface area contributed by atoms with Gasteiger partial charge >= 0.3 is 18.2 Å². The van der Waals surface area contributed by atoms with Crippen LogP contribution in [0.4, 0.5) is 9.59 Å². The summed E-state index contributed by atoms with van der Waals surface area (Å²) in [5, 5.41) is 2.30. The number of esters is 1. The zero-order valence-electron chi connectivity index (χ0n) is 17.1. The molecule has 1 saturated heterocycles. The van der Waals surface area contributed by atoms with E-state index in [-0.39, 0.29) is 6.61 Å². The van der Waals surface area contributed by atoms with Gasteiger partial charge in [-0.05, 0) is 48.5 Å². The molecule has 1 aliphatic rings. The van der Waals surface area contributed by atoms with Crippen LogP contribution in [0, 0.1) is 0 Å². The Morgan fingerprint density at radius 3 is 2.00 bits per heavy atom. The highest BCUT2D eigenvalue weighted by Gasteiger charge is 2.62. The Balaban J connectivity index is 3.41. The SMILES string of the molecule is CCOC(=O)[C@@]1(N(NC(=O)OC(C)(C)C)C(=O)OC(C)(C)C)CC(=O)NC1=O. The summed E-state index contributed by atoms with van der Waals surface area (Å²) in [4.78, 5) is 62.0. The van der Waals surface area contributed by atoms with Crippen LogP contribution in [0.2, 0.25) is 0 Å². The van der Waals surface area contributed by atoms with E-state index in [2.05, 4.69) is 5.43 Å². The van der Waals surface area contributed by atoms with E-state index >= 15 is 0 Å². The molecule has 0 radical (unpaired) electrons. The lowest BCUT2D eigenvalue weighted by Gasteiger charge is -2.36. The lowest BCUT2D eigenvalue weighted by atomic mass is 9.97. The maximum Gasteiger partial charge on any atom is 0.430 e. The number of hydrogen-bond donors (Lipinski definition) is 2. The van der Waals surface area contributed by atoms with Gasteiger partial charge in [0.1, 0.15) is 11.2 Å². The molecular formula is C17H27N3O8. The van der Waals surface area contributed by atoms with Gasteiger partial charge in [0.15, 0.2) is 0 Å². The zero-order chi connectivity index (χ0) is 21.9. The van der Waals surface area contributed by atoms with Crippen molar-refractivity contribution >= 4 is 30.0 Å². The van der Waals surface area contributed by atoms with E-state index in [1.807, 2.05) is 5.32 Å². The van der Waals surface area contributed by atoms with Gasteiger partial charge in [-0.15, -0.1) is 0 Å². The number of nitrogens with zero attached hydrogens (tertiary/aromatic N) is 1. The first-order chi connectivity index (χ1) is 12.6. The molecule has 0 unspecified atom stereocenters. The molecule has 0 aromatic rings. The van der Waals surface area contributed by atoms with Crippen LogP contribution in [0.1, 0.15) is 54.9 Å². The van der Waals surface area contributed by atoms with Crippen molar-refractivity contribution in [3.05, 3.63) is 0 Å². The van der Waals surface area contributed by atoms with Crippen molar-refractivity contribution in [2.75, 3.05) is 6.61 Å². The number of hydrogen-bond acceptors (Lipinski definition) is 8. The van der Waals surface area contributed by atoms with E-state index in [0.717, 1.165) is 0 Å². The maximum absolute atomic E-state index is 12.7. The second-order valence-corrected chi connectivity index (χ2v) is 8.06. The van der Waals surface area contributed by atoms with Gasteiger partial charge in [-0.2, -0.15) is 5.01 Å². The van der Waals surface area contributed by atoms with Crippen molar-refractivity contribution in [2.24, 2.45) is 0 Å². The monoisotopic (exact) mass is 401 g/mol. The van der Waals surface area contributed by atoms with Gasteiger partial charge in [0.2, 0.25) is 5.91 Å². The number of carbonyl (C=O) groups excluding carboxylic acids is 5. The molecule has 0 aliphatic carbocycles. The zero-order valence-corrected chi connectivity index (χ0v) is 17.1. The summed E-state index contributed by atoms with van der Waals surface area (Å²) in [6, 6.07) is 0. The van der Waals surface area contributed by atoms with Crippen LogP contribution in [-0.2, 0) is 28.6 Å². The van der Waals surface area contributed by atoms with E-state index in [0.29, 0.717) is 5.01 Å². The number of hydrazine groups is 1. The van der Waals surface area contributed by atoms with Gasteiger partial charge in [0, 0.05) is 0 Å². The van der Waals surface area contributed by atoms with E-state index in [1.54, 1.807) is 41.5 Å². The highest BCUT2D eigenvalue weighted by atomic mass is 16.6. The quantitative estimate of drug-likeness (QED) is 0.235. The van der Waals surface area contributed by atoms with Crippen molar-refractivity contribution in [3.8, 4) is 0 Å². The Morgan fingerprint density at radius 2 is 1.61 bits per heavy atom. The van der Waals surface area contributed by atoms with Crippen LogP contribution in [0.15, 0.2) is 0 Å². The molecule has 1 aliphatic heterocycles. The molecule has 1 heterocycles. The summed E-state index contributed by atoms with van der Waals surface area (Å²) in [6.07, 6.45) is -3.12. The number of ether oxygens (including phenoxy) is 3. The van der Waals surface area contributed by atoms with E-state index in [1.165, 1.54) is 6.92 Å².